The minimum absolute atomic E-state index is 0.347. The van der Waals surface area contributed by atoms with Crippen LogP contribution in [0, 0.1) is 5.82 Å². The minimum atomic E-state index is -0.347. The summed E-state index contributed by atoms with van der Waals surface area (Å²) in [5.41, 5.74) is 1.92. The average molecular weight is 191 g/mol. The third-order valence-corrected chi connectivity index (χ3v) is 2.37. The summed E-state index contributed by atoms with van der Waals surface area (Å²) in [6.45, 7) is 1.93. The minimum Gasteiger partial charge on any atom is -0.358 e. The Hall–Kier alpha value is -1.64. The number of aromatic amines is 1. The van der Waals surface area contributed by atoms with Gasteiger partial charge in [-0.25, -0.2) is 4.39 Å². The molecule has 0 bridgehead atoms. The third-order valence-electron chi connectivity index (χ3n) is 2.37. The predicted molar refractivity (Wildman–Crippen MR) is 53.0 cm³/mol. The molecule has 0 spiro atoms. The van der Waals surface area contributed by atoms with Gasteiger partial charge in [-0.05, 0) is 18.6 Å². The molecule has 0 saturated carbocycles. The standard InChI is InChI=1S/C11H10FNO/c1-2-9-7(6-14)11-8(12)4-3-5-10(11)13-9/h3-6,13H,2H2,1H3. The first-order valence-electron chi connectivity index (χ1n) is 4.52. The van der Waals surface area contributed by atoms with Crippen LogP contribution in [0.2, 0.25) is 0 Å². The molecule has 1 aromatic carbocycles. The molecule has 0 aliphatic rings. The van der Waals surface area contributed by atoms with Crippen LogP contribution < -0.4 is 0 Å². The van der Waals surface area contributed by atoms with E-state index in [2.05, 4.69) is 4.98 Å². The molecule has 0 fully saturated rings. The molecule has 0 atom stereocenters. The van der Waals surface area contributed by atoms with Gasteiger partial charge < -0.3 is 4.98 Å². The van der Waals surface area contributed by atoms with E-state index < -0.39 is 0 Å². The zero-order chi connectivity index (χ0) is 10.1. The van der Waals surface area contributed by atoms with E-state index in [-0.39, 0.29) is 5.82 Å². The highest BCUT2D eigenvalue weighted by Crippen LogP contribution is 2.23. The van der Waals surface area contributed by atoms with E-state index in [4.69, 9.17) is 0 Å². The molecule has 0 unspecified atom stereocenters. The molecule has 3 heteroatoms. The number of H-pyrrole nitrogens is 1. The number of aromatic nitrogens is 1. The highest BCUT2D eigenvalue weighted by atomic mass is 19.1. The first-order chi connectivity index (χ1) is 6.77. The average Bonchev–Trinajstić information content (AvgIpc) is 2.56. The van der Waals surface area contributed by atoms with Crippen molar-refractivity contribution in [2.24, 2.45) is 0 Å². The second-order valence-electron chi connectivity index (χ2n) is 3.15. The van der Waals surface area contributed by atoms with Crippen molar-refractivity contribution in [3.05, 3.63) is 35.3 Å². The van der Waals surface area contributed by atoms with E-state index in [0.717, 1.165) is 5.69 Å². The number of hydrogen-bond acceptors (Lipinski definition) is 1. The van der Waals surface area contributed by atoms with Crippen molar-refractivity contribution in [1.29, 1.82) is 0 Å². The van der Waals surface area contributed by atoms with Crippen molar-refractivity contribution >= 4 is 17.2 Å². The van der Waals surface area contributed by atoms with Gasteiger partial charge in [0.25, 0.3) is 0 Å². The fraction of sp³-hybridized carbons (Fsp3) is 0.182. The van der Waals surface area contributed by atoms with Crippen LogP contribution in [0.25, 0.3) is 10.9 Å². The Morgan fingerprint density at radius 3 is 2.93 bits per heavy atom. The summed E-state index contributed by atoms with van der Waals surface area (Å²) in [7, 11) is 0. The van der Waals surface area contributed by atoms with Crippen molar-refractivity contribution in [1.82, 2.24) is 4.98 Å². The Morgan fingerprint density at radius 1 is 1.50 bits per heavy atom. The van der Waals surface area contributed by atoms with Gasteiger partial charge in [-0.1, -0.05) is 13.0 Å². The molecule has 1 N–H and O–H groups in total. The second kappa shape index (κ2) is 3.25. The molecule has 14 heavy (non-hydrogen) atoms. The molecular formula is C11H10FNO. The van der Waals surface area contributed by atoms with Gasteiger partial charge in [-0.3, -0.25) is 4.79 Å². The number of hydrogen-bond donors (Lipinski definition) is 1. The van der Waals surface area contributed by atoms with E-state index in [1.165, 1.54) is 6.07 Å². The number of halogens is 1. The summed E-state index contributed by atoms with van der Waals surface area (Å²) in [5, 5.41) is 0.402. The van der Waals surface area contributed by atoms with Crippen LogP contribution in [0.15, 0.2) is 18.2 Å². The number of benzene rings is 1. The lowest BCUT2D eigenvalue weighted by molar-refractivity contribution is 0.112. The highest BCUT2D eigenvalue weighted by molar-refractivity contribution is 5.99. The maximum absolute atomic E-state index is 13.4. The Labute approximate surface area is 80.7 Å². The molecule has 0 aliphatic carbocycles. The smallest absolute Gasteiger partial charge is 0.152 e. The van der Waals surface area contributed by atoms with Crippen LogP contribution in [0.3, 0.4) is 0 Å². The van der Waals surface area contributed by atoms with E-state index >= 15 is 0 Å². The van der Waals surface area contributed by atoms with E-state index in [1.807, 2.05) is 6.92 Å². The lowest BCUT2D eigenvalue weighted by Crippen LogP contribution is -1.87. The predicted octanol–water partition coefficient (Wildman–Crippen LogP) is 2.68. The summed E-state index contributed by atoms with van der Waals surface area (Å²) < 4.78 is 13.4. The maximum Gasteiger partial charge on any atom is 0.152 e. The number of fused-ring (bicyclic) bond motifs is 1. The van der Waals surface area contributed by atoms with Gasteiger partial charge in [-0.15, -0.1) is 0 Å². The first kappa shape index (κ1) is 8.94. The Morgan fingerprint density at radius 2 is 2.29 bits per heavy atom. The Kier molecular flexibility index (Phi) is 2.08. The molecule has 0 aliphatic heterocycles. The number of aldehydes is 1. The summed E-state index contributed by atoms with van der Waals surface area (Å²) >= 11 is 0. The zero-order valence-electron chi connectivity index (χ0n) is 7.80. The number of carbonyl (C=O) groups excluding carboxylic acids is 1. The van der Waals surface area contributed by atoms with Crippen LogP contribution in [-0.2, 0) is 6.42 Å². The molecule has 1 heterocycles. The quantitative estimate of drug-likeness (QED) is 0.727. The highest BCUT2D eigenvalue weighted by Gasteiger charge is 2.12. The molecule has 1 aromatic heterocycles. The molecule has 2 nitrogen and oxygen atoms in total. The van der Waals surface area contributed by atoms with Crippen LogP contribution in [0.5, 0.6) is 0 Å². The number of rotatable bonds is 2. The lowest BCUT2D eigenvalue weighted by atomic mass is 10.1. The van der Waals surface area contributed by atoms with Crippen molar-refractivity contribution < 1.29 is 9.18 Å². The Bertz CT molecular complexity index is 487. The molecule has 0 saturated heterocycles. The molecule has 0 radical (unpaired) electrons. The molecule has 72 valence electrons. The van der Waals surface area contributed by atoms with Gasteiger partial charge in [0.15, 0.2) is 6.29 Å². The van der Waals surface area contributed by atoms with Gasteiger partial charge in [0.05, 0.1) is 0 Å². The van der Waals surface area contributed by atoms with Gasteiger partial charge in [0, 0.05) is 22.2 Å². The number of aryl methyl sites for hydroxylation is 1. The SMILES string of the molecule is CCc1[nH]c2cccc(F)c2c1C=O. The summed E-state index contributed by atoms with van der Waals surface area (Å²) in [4.78, 5) is 13.9. The maximum atomic E-state index is 13.4. The van der Waals surface area contributed by atoms with Crippen LogP contribution in [0.1, 0.15) is 23.0 Å². The summed E-state index contributed by atoms with van der Waals surface area (Å²) in [6.07, 6.45) is 1.41. The van der Waals surface area contributed by atoms with Crippen molar-refractivity contribution in [2.45, 2.75) is 13.3 Å². The third kappa shape index (κ3) is 1.13. The Balaban J connectivity index is 2.88. The van der Waals surface area contributed by atoms with E-state index in [9.17, 15) is 9.18 Å². The van der Waals surface area contributed by atoms with Crippen molar-refractivity contribution in [3.8, 4) is 0 Å². The number of carbonyl (C=O) groups is 1. The first-order valence-corrected chi connectivity index (χ1v) is 4.52. The fourth-order valence-corrected chi connectivity index (χ4v) is 1.69. The number of nitrogens with one attached hydrogen (secondary N) is 1. The molecule has 0 amide bonds. The molecule has 2 aromatic rings. The monoisotopic (exact) mass is 191 g/mol. The second-order valence-corrected chi connectivity index (χ2v) is 3.15. The van der Waals surface area contributed by atoms with Gasteiger partial charge in [-0.2, -0.15) is 0 Å². The summed E-state index contributed by atoms with van der Waals surface area (Å²) in [5.74, 6) is -0.347. The van der Waals surface area contributed by atoms with E-state index in [0.29, 0.717) is 29.2 Å². The van der Waals surface area contributed by atoms with Crippen LogP contribution in [-0.4, -0.2) is 11.3 Å². The van der Waals surface area contributed by atoms with Gasteiger partial charge >= 0.3 is 0 Å². The van der Waals surface area contributed by atoms with E-state index in [1.54, 1.807) is 12.1 Å². The van der Waals surface area contributed by atoms with Gasteiger partial charge in [0.1, 0.15) is 5.82 Å². The topological polar surface area (TPSA) is 32.9 Å². The van der Waals surface area contributed by atoms with Gasteiger partial charge in [0.2, 0.25) is 0 Å². The zero-order valence-corrected chi connectivity index (χ0v) is 7.80. The van der Waals surface area contributed by atoms with Crippen molar-refractivity contribution in [3.63, 3.8) is 0 Å². The molecule has 2 rings (SSSR count). The lowest BCUT2D eigenvalue weighted by Gasteiger charge is -1.92. The van der Waals surface area contributed by atoms with Crippen LogP contribution >= 0.6 is 0 Å². The largest absolute Gasteiger partial charge is 0.358 e. The summed E-state index contributed by atoms with van der Waals surface area (Å²) in [6, 6.07) is 4.76. The van der Waals surface area contributed by atoms with Crippen LogP contribution in [0.4, 0.5) is 4.39 Å². The van der Waals surface area contributed by atoms with Crippen molar-refractivity contribution in [2.75, 3.05) is 0 Å². The molecular weight excluding hydrogens is 181 g/mol. The normalized spacial score (nSPS) is 10.7. The fourth-order valence-electron chi connectivity index (χ4n) is 1.69.